The van der Waals surface area contributed by atoms with Gasteiger partial charge >= 0.3 is 0 Å². The fourth-order valence-corrected chi connectivity index (χ4v) is 3.56. The summed E-state index contributed by atoms with van der Waals surface area (Å²) in [4.78, 5) is 12.0. The molecular weight excluding hydrogens is 244 g/mol. The zero-order valence-corrected chi connectivity index (χ0v) is 12.8. The number of carbonyl (C=O) groups excluding carboxylic acids is 1. The molecule has 0 aromatic rings. The Hall–Kier alpha value is -0.220. The molecule has 0 saturated heterocycles. The van der Waals surface area contributed by atoms with Gasteiger partial charge < -0.3 is 11.1 Å². The van der Waals surface area contributed by atoms with E-state index in [1.807, 2.05) is 11.8 Å². The van der Waals surface area contributed by atoms with E-state index in [1.165, 1.54) is 6.42 Å². The number of amides is 1. The molecule has 106 valence electrons. The van der Waals surface area contributed by atoms with Gasteiger partial charge in [-0.25, -0.2) is 0 Å². The fraction of sp³-hybridized carbons (Fsp3) is 0.929. The minimum atomic E-state index is 0.192. The van der Waals surface area contributed by atoms with Crippen LogP contribution in [0.25, 0.3) is 0 Å². The van der Waals surface area contributed by atoms with Gasteiger partial charge in [0.25, 0.3) is 0 Å². The second kappa shape index (κ2) is 8.05. The van der Waals surface area contributed by atoms with Crippen molar-refractivity contribution in [2.45, 2.75) is 57.2 Å². The van der Waals surface area contributed by atoms with Gasteiger partial charge in [0.1, 0.15) is 0 Å². The van der Waals surface area contributed by atoms with E-state index in [1.54, 1.807) is 0 Å². The molecule has 0 radical (unpaired) electrons. The van der Waals surface area contributed by atoms with Gasteiger partial charge in [0.15, 0.2) is 0 Å². The van der Waals surface area contributed by atoms with Crippen LogP contribution >= 0.6 is 11.8 Å². The Labute approximate surface area is 116 Å². The summed E-state index contributed by atoms with van der Waals surface area (Å²) >= 11 is 1.92. The smallest absolute Gasteiger partial charge is 0.220 e. The molecule has 0 aromatic heterocycles. The molecule has 1 fully saturated rings. The predicted octanol–water partition coefficient (Wildman–Crippen LogP) is 2.40. The molecule has 0 spiro atoms. The maximum absolute atomic E-state index is 12.0. The Balaban J connectivity index is 2.28. The largest absolute Gasteiger partial charge is 0.353 e. The van der Waals surface area contributed by atoms with Crippen LogP contribution in [0, 0.1) is 11.8 Å². The van der Waals surface area contributed by atoms with Crippen LogP contribution in [-0.4, -0.2) is 30.0 Å². The maximum atomic E-state index is 12.0. The molecule has 18 heavy (non-hydrogen) atoms. The monoisotopic (exact) mass is 272 g/mol. The van der Waals surface area contributed by atoms with Crippen LogP contribution in [0.5, 0.6) is 0 Å². The summed E-state index contributed by atoms with van der Waals surface area (Å²) in [6.45, 7) is 4.98. The van der Waals surface area contributed by atoms with Gasteiger partial charge in [0, 0.05) is 17.7 Å². The molecule has 0 bridgehead atoms. The third-order valence-corrected chi connectivity index (χ3v) is 4.79. The van der Waals surface area contributed by atoms with Crippen LogP contribution in [0.15, 0.2) is 0 Å². The molecule has 1 rings (SSSR count). The molecule has 3 nitrogen and oxygen atoms in total. The van der Waals surface area contributed by atoms with Gasteiger partial charge in [0.2, 0.25) is 5.91 Å². The topological polar surface area (TPSA) is 55.1 Å². The summed E-state index contributed by atoms with van der Waals surface area (Å²) < 4.78 is 0. The first-order valence-electron chi connectivity index (χ1n) is 7.07. The third kappa shape index (κ3) is 5.61. The SMILES string of the molecule is CSC1CCC(NC(=O)CC(CN)CC(C)C)C1. The van der Waals surface area contributed by atoms with Crippen LogP contribution < -0.4 is 11.1 Å². The Kier molecular flexibility index (Phi) is 7.08. The molecule has 3 atom stereocenters. The van der Waals surface area contributed by atoms with Gasteiger partial charge in [0.05, 0.1) is 0 Å². The second-order valence-electron chi connectivity index (χ2n) is 5.87. The van der Waals surface area contributed by atoms with Gasteiger partial charge in [-0.1, -0.05) is 13.8 Å². The lowest BCUT2D eigenvalue weighted by Gasteiger charge is -2.18. The van der Waals surface area contributed by atoms with Crippen molar-refractivity contribution in [1.29, 1.82) is 0 Å². The van der Waals surface area contributed by atoms with Crippen molar-refractivity contribution in [2.75, 3.05) is 12.8 Å². The molecule has 0 heterocycles. The lowest BCUT2D eigenvalue weighted by Crippen LogP contribution is -2.35. The Morgan fingerprint density at radius 2 is 2.17 bits per heavy atom. The minimum absolute atomic E-state index is 0.192. The zero-order chi connectivity index (χ0) is 13.5. The first-order valence-corrected chi connectivity index (χ1v) is 8.36. The van der Waals surface area contributed by atoms with E-state index < -0.39 is 0 Å². The Bertz CT molecular complexity index is 258. The van der Waals surface area contributed by atoms with E-state index in [0.29, 0.717) is 30.8 Å². The standard InChI is InChI=1S/C14H28N2OS/c1-10(2)6-11(9-15)7-14(17)16-12-4-5-13(8-12)18-3/h10-13H,4-9,15H2,1-3H3,(H,16,17). The summed E-state index contributed by atoms with van der Waals surface area (Å²) in [5, 5.41) is 3.91. The average molecular weight is 272 g/mol. The van der Waals surface area contributed by atoms with E-state index in [-0.39, 0.29) is 5.91 Å². The normalized spacial score (nSPS) is 25.4. The van der Waals surface area contributed by atoms with Crippen LogP contribution in [0.1, 0.15) is 46.0 Å². The summed E-state index contributed by atoms with van der Waals surface area (Å²) in [5.41, 5.74) is 5.74. The number of thioether (sulfide) groups is 1. The van der Waals surface area contributed by atoms with Crippen molar-refractivity contribution in [3.8, 4) is 0 Å². The molecule has 3 unspecified atom stereocenters. The fourth-order valence-electron chi connectivity index (χ4n) is 2.76. The quantitative estimate of drug-likeness (QED) is 0.748. The molecule has 0 aliphatic heterocycles. The highest BCUT2D eigenvalue weighted by molar-refractivity contribution is 7.99. The molecule has 1 aliphatic carbocycles. The molecule has 1 amide bonds. The summed E-state index contributed by atoms with van der Waals surface area (Å²) in [6.07, 6.45) is 7.29. The lowest BCUT2D eigenvalue weighted by atomic mass is 9.94. The third-order valence-electron chi connectivity index (χ3n) is 3.70. The summed E-state index contributed by atoms with van der Waals surface area (Å²) in [6, 6.07) is 0.396. The van der Waals surface area contributed by atoms with Gasteiger partial charge in [-0.3, -0.25) is 4.79 Å². The lowest BCUT2D eigenvalue weighted by molar-refractivity contribution is -0.122. The van der Waals surface area contributed by atoms with Crippen molar-refractivity contribution in [3.05, 3.63) is 0 Å². The van der Waals surface area contributed by atoms with Crippen LogP contribution in [0.2, 0.25) is 0 Å². The first kappa shape index (κ1) is 15.8. The number of hydrogen-bond acceptors (Lipinski definition) is 3. The van der Waals surface area contributed by atoms with Crippen molar-refractivity contribution < 1.29 is 4.79 Å². The van der Waals surface area contributed by atoms with Gasteiger partial charge in [-0.15, -0.1) is 0 Å². The average Bonchev–Trinajstić information content (AvgIpc) is 2.75. The summed E-state index contributed by atoms with van der Waals surface area (Å²) in [5.74, 6) is 1.14. The number of carbonyl (C=O) groups is 1. The maximum Gasteiger partial charge on any atom is 0.220 e. The highest BCUT2D eigenvalue weighted by atomic mass is 32.2. The van der Waals surface area contributed by atoms with E-state index in [4.69, 9.17) is 5.73 Å². The number of rotatable bonds is 7. The molecule has 1 saturated carbocycles. The van der Waals surface area contributed by atoms with E-state index >= 15 is 0 Å². The van der Waals surface area contributed by atoms with E-state index in [9.17, 15) is 4.79 Å². The Morgan fingerprint density at radius 1 is 1.44 bits per heavy atom. The summed E-state index contributed by atoms with van der Waals surface area (Å²) in [7, 11) is 0. The van der Waals surface area contributed by atoms with Gasteiger partial charge in [-0.05, 0) is 50.3 Å². The van der Waals surface area contributed by atoms with Crippen molar-refractivity contribution >= 4 is 17.7 Å². The molecular formula is C14H28N2OS. The van der Waals surface area contributed by atoms with Crippen molar-refractivity contribution in [2.24, 2.45) is 17.6 Å². The Morgan fingerprint density at radius 3 is 2.67 bits per heavy atom. The number of nitrogens with two attached hydrogens (primary N) is 1. The van der Waals surface area contributed by atoms with E-state index in [2.05, 4.69) is 25.4 Å². The predicted molar refractivity (Wildman–Crippen MR) is 79.7 cm³/mol. The van der Waals surface area contributed by atoms with Crippen molar-refractivity contribution in [3.63, 3.8) is 0 Å². The molecule has 0 aromatic carbocycles. The van der Waals surface area contributed by atoms with Crippen LogP contribution in [0.3, 0.4) is 0 Å². The molecule has 3 N–H and O–H groups in total. The van der Waals surface area contributed by atoms with E-state index in [0.717, 1.165) is 24.5 Å². The minimum Gasteiger partial charge on any atom is -0.353 e. The highest BCUT2D eigenvalue weighted by Crippen LogP contribution is 2.28. The van der Waals surface area contributed by atoms with Crippen LogP contribution in [-0.2, 0) is 4.79 Å². The molecule has 4 heteroatoms. The molecule has 1 aliphatic rings. The highest BCUT2D eigenvalue weighted by Gasteiger charge is 2.25. The number of hydrogen-bond donors (Lipinski definition) is 2. The number of nitrogens with one attached hydrogen (secondary N) is 1. The van der Waals surface area contributed by atoms with Gasteiger partial charge in [-0.2, -0.15) is 11.8 Å². The first-order chi connectivity index (χ1) is 8.55. The van der Waals surface area contributed by atoms with Crippen molar-refractivity contribution in [1.82, 2.24) is 5.32 Å². The zero-order valence-electron chi connectivity index (χ0n) is 11.9. The van der Waals surface area contributed by atoms with Crippen LogP contribution in [0.4, 0.5) is 0 Å². The second-order valence-corrected chi connectivity index (χ2v) is 7.01.